The molecule has 0 bridgehead atoms. The second-order valence-electron chi connectivity index (χ2n) is 7.62. The lowest BCUT2D eigenvalue weighted by molar-refractivity contribution is -0.137. The zero-order valence-electron chi connectivity index (χ0n) is 18.1. The number of aryl methyl sites for hydroxylation is 2. The average Bonchev–Trinajstić information content (AvgIpc) is 3.28. The van der Waals surface area contributed by atoms with Gasteiger partial charge in [-0.05, 0) is 56.2 Å². The van der Waals surface area contributed by atoms with Crippen molar-refractivity contribution in [2.24, 2.45) is 0 Å². The van der Waals surface area contributed by atoms with Crippen LogP contribution >= 0.6 is 23.2 Å². The van der Waals surface area contributed by atoms with Crippen LogP contribution in [0, 0.1) is 13.8 Å². The Morgan fingerprint density at radius 1 is 1.15 bits per heavy atom. The van der Waals surface area contributed by atoms with Gasteiger partial charge in [-0.3, -0.25) is 4.79 Å². The molecular formula is C24H20Cl2N2O5. The first-order chi connectivity index (χ1) is 15.7. The van der Waals surface area contributed by atoms with Crippen LogP contribution in [-0.4, -0.2) is 23.7 Å². The quantitative estimate of drug-likeness (QED) is 0.403. The number of hydrogen-bond acceptors (Lipinski definition) is 7. The van der Waals surface area contributed by atoms with E-state index in [1.165, 1.54) is 0 Å². The highest BCUT2D eigenvalue weighted by Crippen LogP contribution is 2.39. The number of carbonyl (C=O) groups is 2. The summed E-state index contributed by atoms with van der Waals surface area (Å²) < 4.78 is 15.7. The molecule has 7 nitrogen and oxygen atoms in total. The third-order valence-electron chi connectivity index (χ3n) is 5.23. The summed E-state index contributed by atoms with van der Waals surface area (Å²) in [4.78, 5) is 24.1. The number of aromatic nitrogens is 1. The standard InChI is InChI=1S/C24H20Cl2N2O5/c1-12-8-21(29)32-20(12)11-31-24(30)16-6-4-5-7-19(16)27-23-17(25)9-15(10-18(23)26)22-13(2)28-33-14(22)3/h4-7,9-10,27H,8,11H2,1-3H3. The summed E-state index contributed by atoms with van der Waals surface area (Å²) in [6, 6.07) is 10.3. The number of ether oxygens (including phenoxy) is 2. The van der Waals surface area contributed by atoms with E-state index < -0.39 is 5.97 Å². The highest BCUT2D eigenvalue weighted by atomic mass is 35.5. The largest absolute Gasteiger partial charge is 0.454 e. The van der Waals surface area contributed by atoms with Crippen LogP contribution in [0.4, 0.5) is 11.4 Å². The third-order valence-corrected chi connectivity index (χ3v) is 5.82. The van der Waals surface area contributed by atoms with Crippen molar-refractivity contribution < 1.29 is 23.6 Å². The minimum atomic E-state index is -0.582. The Kier molecular flexibility index (Phi) is 6.44. The van der Waals surface area contributed by atoms with E-state index in [1.807, 2.05) is 13.8 Å². The van der Waals surface area contributed by atoms with Crippen LogP contribution in [0.1, 0.15) is 35.2 Å². The summed E-state index contributed by atoms with van der Waals surface area (Å²) in [6.45, 7) is 5.29. The Labute approximate surface area is 200 Å². The number of nitrogens with zero attached hydrogens (tertiary/aromatic N) is 1. The molecule has 33 heavy (non-hydrogen) atoms. The van der Waals surface area contributed by atoms with Crippen molar-refractivity contribution in [3.05, 3.63) is 74.8 Å². The Balaban J connectivity index is 1.57. The van der Waals surface area contributed by atoms with Crippen molar-refractivity contribution in [2.75, 3.05) is 11.9 Å². The molecule has 3 aromatic rings. The van der Waals surface area contributed by atoms with Gasteiger partial charge in [0.1, 0.15) is 18.1 Å². The van der Waals surface area contributed by atoms with E-state index in [4.69, 9.17) is 37.2 Å². The molecule has 0 saturated heterocycles. The molecule has 1 N–H and O–H groups in total. The maximum Gasteiger partial charge on any atom is 0.340 e. The molecule has 0 aliphatic carbocycles. The molecule has 0 radical (unpaired) electrons. The highest BCUT2D eigenvalue weighted by molar-refractivity contribution is 6.39. The third kappa shape index (κ3) is 4.74. The van der Waals surface area contributed by atoms with Crippen LogP contribution in [0.25, 0.3) is 11.1 Å². The summed E-state index contributed by atoms with van der Waals surface area (Å²) in [6.07, 6.45) is 0.200. The van der Waals surface area contributed by atoms with Gasteiger partial charge in [0, 0.05) is 5.56 Å². The molecule has 9 heteroatoms. The fraction of sp³-hybridized carbons (Fsp3) is 0.208. The van der Waals surface area contributed by atoms with Crippen LogP contribution in [0.15, 0.2) is 52.3 Å². The normalized spacial score (nSPS) is 13.3. The molecule has 2 heterocycles. The van der Waals surface area contributed by atoms with E-state index in [2.05, 4.69) is 10.5 Å². The number of para-hydroxylation sites is 1. The molecule has 170 valence electrons. The van der Waals surface area contributed by atoms with Crippen LogP contribution in [0.5, 0.6) is 0 Å². The second-order valence-corrected chi connectivity index (χ2v) is 8.43. The first kappa shape index (κ1) is 22.9. The smallest absolute Gasteiger partial charge is 0.340 e. The number of carbonyl (C=O) groups excluding carboxylic acids is 2. The molecule has 0 spiro atoms. The Morgan fingerprint density at radius 3 is 2.45 bits per heavy atom. The maximum absolute atomic E-state index is 12.7. The van der Waals surface area contributed by atoms with Crippen LogP contribution < -0.4 is 5.32 Å². The highest BCUT2D eigenvalue weighted by Gasteiger charge is 2.23. The molecule has 1 aliphatic heterocycles. The van der Waals surface area contributed by atoms with Gasteiger partial charge in [-0.15, -0.1) is 0 Å². The molecule has 0 unspecified atom stereocenters. The van der Waals surface area contributed by atoms with E-state index >= 15 is 0 Å². The van der Waals surface area contributed by atoms with E-state index in [0.29, 0.717) is 32.9 Å². The number of nitrogens with one attached hydrogen (secondary N) is 1. The van der Waals surface area contributed by atoms with Gasteiger partial charge in [0.15, 0.2) is 0 Å². The van der Waals surface area contributed by atoms with Crippen molar-refractivity contribution in [1.29, 1.82) is 0 Å². The van der Waals surface area contributed by atoms with Gasteiger partial charge in [0.25, 0.3) is 0 Å². The zero-order chi connectivity index (χ0) is 23.7. The number of anilines is 2. The molecule has 4 rings (SSSR count). The Hall–Kier alpha value is -3.29. The predicted octanol–water partition coefficient (Wildman–Crippen LogP) is 6.39. The summed E-state index contributed by atoms with van der Waals surface area (Å²) >= 11 is 13.1. The van der Waals surface area contributed by atoms with Gasteiger partial charge in [-0.2, -0.15) is 0 Å². The van der Waals surface area contributed by atoms with Crippen LogP contribution in [0.3, 0.4) is 0 Å². The SMILES string of the molecule is CC1=C(COC(=O)c2ccccc2Nc2c(Cl)cc(-c3c(C)noc3C)cc2Cl)OC(=O)C1. The molecular weight excluding hydrogens is 467 g/mol. The molecule has 0 saturated carbocycles. The molecule has 0 fully saturated rings. The minimum Gasteiger partial charge on any atom is -0.454 e. The Bertz CT molecular complexity index is 1250. The second kappa shape index (κ2) is 9.29. The topological polar surface area (TPSA) is 90.7 Å². The van der Waals surface area contributed by atoms with E-state index in [-0.39, 0.29) is 24.6 Å². The van der Waals surface area contributed by atoms with Gasteiger partial charge < -0.3 is 19.3 Å². The van der Waals surface area contributed by atoms with Crippen molar-refractivity contribution in [3.8, 4) is 11.1 Å². The van der Waals surface area contributed by atoms with Crippen molar-refractivity contribution in [1.82, 2.24) is 5.16 Å². The lowest BCUT2D eigenvalue weighted by atomic mass is 10.0. The molecule has 0 atom stereocenters. The Morgan fingerprint density at radius 2 is 1.85 bits per heavy atom. The maximum atomic E-state index is 12.7. The summed E-state index contributed by atoms with van der Waals surface area (Å²) in [5.74, 6) is 0.0809. The van der Waals surface area contributed by atoms with Crippen LogP contribution in [-0.2, 0) is 14.3 Å². The lowest BCUT2D eigenvalue weighted by Gasteiger charge is -2.15. The van der Waals surface area contributed by atoms with E-state index in [9.17, 15) is 9.59 Å². The number of benzene rings is 2. The first-order valence-corrected chi connectivity index (χ1v) is 10.8. The number of rotatable bonds is 6. The number of cyclic esters (lactones) is 1. The van der Waals surface area contributed by atoms with Gasteiger partial charge in [0.05, 0.1) is 39.1 Å². The van der Waals surface area contributed by atoms with Crippen molar-refractivity contribution in [3.63, 3.8) is 0 Å². The van der Waals surface area contributed by atoms with E-state index in [0.717, 1.165) is 22.4 Å². The van der Waals surface area contributed by atoms with E-state index in [1.54, 1.807) is 43.3 Å². The average molecular weight is 487 g/mol. The fourth-order valence-electron chi connectivity index (χ4n) is 3.57. The van der Waals surface area contributed by atoms with Gasteiger partial charge in [0.2, 0.25) is 0 Å². The zero-order valence-corrected chi connectivity index (χ0v) is 19.6. The van der Waals surface area contributed by atoms with Gasteiger partial charge in [-0.1, -0.05) is 40.5 Å². The van der Waals surface area contributed by atoms with Crippen molar-refractivity contribution >= 4 is 46.5 Å². The van der Waals surface area contributed by atoms with Crippen LogP contribution in [0.2, 0.25) is 10.0 Å². The van der Waals surface area contributed by atoms with Gasteiger partial charge >= 0.3 is 11.9 Å². The number of hydrogen-bond donors (Lipinski definition) is 1. The number of halogens is 2. The monoisotopic (exact) mass is 486 g/mol. The summed E-state index contributed by atoms with van der Waals surface area (Å²) in [5.41, 5.74) is 4.26. The van der Waals surface area contributed by atoms with Gasteiger partial charge in [-0.25, -0.2) is 4.79 Å². The molecule has 1 aromatic heterocycles. The predicted molar refractivity (Wildman–Crippen MR) is 125 cm³/mol. The minimum absolute atomic E-state index is 0.127. The molecule has 0 amide bonds. The van der Waals surface area contributed by atoms with Crippen molar-refractivity contribution in [2.45, 2.75) is 27.2 Å². The molecule has 1 aliphatic rings. The molecule has 2 aromatic carbocycles. The summed E-state index contributed by atoms with van der Waals surface area (Å²) in [7, 11) is 0. The first-order valence-electron chi connectivity index (χ1n) is 10.1. The lowest BCUT2D eigenvalue weighted by Crippen LogP contribution is -2.11. The fourth-order valence-corrected chi connectivity index (χ4v) is 4.16. The summed E-state index contributed by atoms with van der Waals surface area (Å²) in [5, 5.41) is 7.82. The number of esters is 2.